The van der Waals surface area contributed by atoms with Gasteiger partial charge in [0.05, 0.1) is 12.2 Å². The van der Waals surface area contributed by atoms with Crippen LogP contribution in [-0.2, 0) is 19.6 Å². The molecule has 0 fully saturated rings. The molecule has 7 nitrogen and oxygen atoms in total. The number of hydrogen-bond donors (Lipinski definition) is 1. The second-order valence-corrected chi connectivity index (χ2v) is 8.43. The normalized spacial score (nSPS) is 11.3. The molecule has 2 aromatic carbocycles. The molecule has 176 valence electrons. The molecule has 0 spiro atoms. The summed E-state index contributed by atoms with van der Waals surface area (Å²) in [5.74, 6) is 0. The highest BCUT2D eigenvalue weighted by atomic mass is 15.4. The van der Waals surface area contributed by atoms with E-state index in [1.165, 1.54) is 0 Å². The molecule has 35 heavy (non-hydrogen) atoms. The van der Waals surface area contributed by atoms with Gasteiger partial charge in [-0.2, -0.15) is 5.11 Å². The third kappa shape index (κ3) is 5.76. The van der Waals surface area contributed by atoms with E-state index in [1.807, 2.05) is 67.1 Å². The van der Waals surface area contributed by atoms with Crippen LogP contribution in [0.15, 0.2) is 120 Å². The van der Waals surface area contributed by atoms with Crippen LogP contribution in [0.2, 0.25) is 0 Å². The molecule has 0 aliphatic carbocycles. The molecular formula is C28H30N7+. The van der Waals surface area contributed by atoms with E-state index in [1.54, 1.807) is 0 Å². The van der Waals surface area contributed by atoms with Gasteiger partial charge in [0.25, 0.3) is 0 Å². The Kier molecular flexibility index (Phi) is 6.84. The number of nitrogens with zero attached hydrogens (tertiary/aromatic N) is 6. The lowest BCUT2D eigenvalue weighted by atomic mass is 10.2. The van der Waals surface area contributed by atoms with Crippen molar-refractivity contribution < 1.29 is 4.57 Å². The van der Waals surface area contributed by atoms with Crippen LogP contribution in [0.3, 0.4) is 0 Å². The summed E-state index contributed by atoms with van der Waals surface area (Å²) in [6.07, 6.45) is 13.6. The van der Waals surface area contributed by atoms with Crippen molar-refractivity contribution in [2.45, 2.75) is 33.0 Å². The molecule has 3 aromatic heterocycles. The van der Waals surface area contributed by atoms with E-state index in [0.29, 0.717) is 0 Å². The zero-order valence-electron chi connectivity index (χ0n) is 19.9. The van der Waals surface area contributed by atoms with Crippen LogP contribution < -0.4 is 9.88 Å². The lowest BCUT2D eigenvalue weighted by Crippen LogP contribution is -2.36. The molecule has 0 radical (unpaired) electrons. The molecule has 0 amide bonds. The first kappa shape index (κ1) is 22.4. The SMILES string of the molecule is CCCn1ccn1CC[n+]1cccc(N=Nc2ccc(Nc3ccc(-n4cccc4)cc3)cc2)c1. The molecule has 0 unspecified atom stereocenters. The van der Waals surface area contributed by atoms with Crippen molar-refractivity contribution in [2.75, 3.05) is 5.32 Å². The van der Waals surface area contributed by atoms with E-state index in [-0.39, 0.29) is 0 Å². The Morgan fingerprint density at radius 3 is 2.06 bits per heavy atom. The van der Waals surface area contributed by atoms with Gasteiger partial charge in [-0.1, -0.05) is 6.92 Å². The van der Waals surface area contributed by atoms with Crippen LogP contribution in [0.25, 0.3) is 5.69 Å². The highest BCUT2D eigenvalue weighted by molar-refractivity contribution is 5.62. The summed E-state index contributed by atoms with van der Waals surface area (Å²) in [4.78, 5) is 0. The molecule has 0 aliphatic rings. The van der Waals surface area contributed by atoms with E-state index >= 15 is 0 Å². The molecule has 7 heteroatoms. The average Bonchev–Trinajstić information content (AvgIpc) is 3.42. The maximum atomic E-state index is 4.43. The van der Waals surface area contributed by atoms with Crippen LogP contribution in [0.1, 0.15) is 13.3 Å². The van der Waals surface area contributed by atoms with Gasteiger partial charge in [-0.25, -0.2) is 4.57 Å². The number of azo groups is 1. The van der Waals surface area contributed by atoms with Crippen LogP contribution in [-0.4, -0.2) is 13.9 Å². The Balaban J connectivity index is 1.16. The van der Waals surface area contributed by atoms with E-state index in [4.69, 9.17) is 0 Å². The maximum absolute atomic E-state index is 4.43. The van der Waals surface area contributed by atoms with Crippen LogP contribution in [0.4, 0.5) is 22.7 Å². The molecule has 1 N–H and O–H groups in total. The molecule has 5 rings (SSSR count). The third-order valence-corrected chi connectivity index (χ3v) is 5.83. The first-order valence-corrected chi connectivity index (χ1v) is 12.0. The number of aromatic nitrogens is 4. The smallest absolute Gasteiger partial charge is 0.196 e. The molecule has 3 heterocycles. The monoisotopic (exact) mass is 464 g/mol. The number of aryl methyl sites for hydroxylation is 3. The summed E-state index contributed by atoms with van der Waals surface area (Å²) in [5, 5.41) is 12.3. The Labute approximate surface area is 205 Å². The summed E-state index contributed by atoms with van der Waals surface area (Å²) < 4.78 is 8.74. The van der Waals surface area contributed by atoms with E-state index in [2.05, 4.69) is 83.8 Å². The van der Waals surface area contributed by atoms with Crippen molar-refractivity contribution in [1.82, 2.24) is 13.9 Å². The summed E-state index contributed by atoms with van der Waals surface area (Å²) in [6.45, 7) is 5.08. The quantitative estimate of drug-likeness (QED) is 0.183. The Morgan fingerprint density at radius 1 is 0.714 bits per heavy atom. The molecule has 0 atom stereocenters. The topological polar surface area (TPSA) is 55.4 Å². The van der Waals surface area contributed by atoms with Gasteiger partial charge in [0.2, 0.25) is 0 Å². The first-order chi connectivity index (χ1) is 17.3. The molecule has 0 aliphatic heterocycles. The Morgan fingerprint density at radius 2 is 1.37 bits per heavy atom. The second kappa shape index (κ2) is 10.7. The Bertz CT molecular complexity index is 1360. The fraction of sp³-hybridized carbons (Fsp3) is 0.179. The summed E-state index contributed by atoms with van der Waals surface area (Å²) >= 11 is 0. The van der Waals surface area contributed by atoms with Gasteiger partial charge in [0.1, 0.15) is 5.69 Å². The van der Waals surface area contributed by atoms with E-state index in [0.717, 1.165) is 54.5 Å². The summed E-state index contributed by atoms with van der Waals surface area (Å²) in [6, 6.07) is 24.3. The lowest BCUT2D eigenvalue weighted by Gasteiger charge is -2.19. The van der Waals surface area contributed by atoms with Crippen LogP contribution >= 0.6 is 0 Å². The Hall–Kier alpha value is -4.39. The molecule has 0 saturated carbocycles. The number of benzene rings is 2. The van der Waals surface area contributed by atoms with Crippen molar-refractivity contribution in [3.8, 4) is 5.69 Å². The highest BCUT2D eigenvalue weighted by Gasteiger charge is 2.06. The number of anilines is 2. The molecule has 5 aromatic rings. The van der Waals surface area contributed by atoms with Gasteiger partial charge >= 0.3 is 0 Å². The van der Waals surface area contributed by atoms with Gasteiger partial charge in [-0.3, -0.25) is 9.36 Å². The average molecular weight is 465 g/mol. The lowest BCUT2D eigenvalue weighted by molar-refractivity contribution is -0.697. The van der Waals surface area contributed by atoms with E-state index in [9.17, 15) is 0 Å². The van der Waals surface area contributed by atoms with Gasteiger partial charge in [0, 0.05) is 54.5 Å². The minimum Gasteiger partial charge on any atom is -0.356 e. The molecule has 0 saturated heterocycles. The fourth-order valence-electron chi connectivity index (χ4n) is 3.93. The minimum atomic E-state index is 0.815. The van der Waals surface area contributed by atoms with Crippen molar-refractivity contribution in [2.24, 2.45) is 10.2 Å². The zero-order chi connectivity index (χ0) is 23.9. The number of nitrogens with one attached hydrogen (secondary N) is 1. The van der Waals surface area contributed by atoms with Crippen molar-refractivity contribution in [3.05, 3.63) is 110 Å². The van der Waals surface area contributed by atoms with Crippen molar-refractivity contribution >= 4 is 22.7 Å². The summed E-state index contributed by atoms with van der Waals surface area (Å²) in [5.41, 5.74) is 4.83. The van der Waals surface area contributed by atoms with Gasteiger partial charge < -0.3 is 9.88 Å². The first-order valence-electron chi connectivity index (χ1n) is 12.0. The van der Waals surface area contributed by atoms with Crippen molar-refractivity contribution in [3.63, 3.8) is 0 Å². The zero-order valence-corrected chi connectivity index (χ0v) is 19.9. The maximum Gasteiger partial charge on any atom is 0.196 e. The highest BCUT2D eigenvalue weighted by Crippen LogP contribution is 2.23. The van der Waals surface area contributed by atoms with Gasteiger partial charge in [-0.15, -0.1) is 5.11 Å². The van der Waals surface area contributed by atoms with E-state index < -0.39 is 0 Å². The van der Waals surface area contributed by atoms with Crippen LogP contribution in [0.5, 0.6) is 0 Å². The molecular weight excluding hydrogens is 434 g/mol. The standard InChI is InChI=1S/C28H30N7/c1-2-15-34-21-22-35(34)20-19-32-16-5-6-27(23-32)31-30-26-9-7-24(8-10-26)29-25-11-13-28(14-12-25)33-17-3-4-18-33/h3-14,16-18,21-23,29H,2,15,19-20H2,1H3/q+1. The van der Waals surface area contributed by atoms with Crippen molar-refractivity contribution in [1.29, 1.82) is 0 Å². The number of pyridine rings is 1. The number of hydrogen-bond acceptors (Lipinski definition) is 3. The second-order valence-electron chi connectivity index (χ2n) is 8.43. The van der Waals surface area contributed by atoms with Crippen LogP contribution in [0, 0.1) is 0 Å². The third-order valence-electron chi connectivity index (χ3n) is 5.83. The largest absolute Gasteiger partial charge is 0.356 e. The van der Waals surface area contributed by atoms with Gasteiger partial charge in [-0.05, 0) is 73.2 Å². The minimum absolute atomic E-state index is 0.815. The predicted molar refractivity (Wildman–Crippen MR) is 139 cm³/mol. The van der Waals surface area contributed by atoms with Gasteiger partial charge in [0.15, 0.2) is 18.9 Å². The predicted octanol–water partition coefficient (Wildman–Crippen LogP) is 6.64. The summed E-state index contributed by atoms with van der Waals surface area (Å²) in [7, 11) is 0. The number of rotatable bonds is 10. The molecule has 0 bridgehead atoms. The fourth-order valence-corrected chi connectivity index (χ4v) is 3.93.